The van der Waals surface area contributed by atoms with Gasteiger partial charge in [0.15, 0.2) is 11.5 Å². The molecule has 1 amide bonds. The largest absolute Gasteiger partial charge is 0.465 e. The van der Waals surface area contributed by atoms with Crippen molar-refractivity contribution < 1.29 is 23.8 Å². The Morgan fingerprint density at radius 2 is 2.05 bits per heavy atom. The molecule has 2 aliphatic heterocycles. The molecular formula is C15H12BrNO5. The number of methoxy groups -OCH3 is 1. The quantitative estimate of drug-likeness (QED) is 0.641. The Morgan fingerprint density at radius 1 is 1.36 bits per heavy atom. The molecule has 2 heterocycles. The Kier molecular flexibility index (Phi) is 3.66. The lowest BCUT2D eigenvalue weighted by Gasteiger charge is -2.05. The summed E-state index contributed by atoms with van der Waals surface area (Å²) in [6.45, 7) is 1.81. The van der Waals surface area contributed by atoms with Gasteiger partial charge in [0.05, 0.1) is 18.3 Å². The third-order valence-corrected chi connectivity index (χ3v) is 4.06. The van der Waals surface area contributed by atoms with Crippen molar-refractivity contribution in [2.75, 3.05) is 13.9 Å². The Labute approximate surface area is 134 Å². The number of amides is 1. The zero-order valence-electron chi connectivity index (χ0n) is 11.9. The van der Waals surface area contributed by atoms with E-state index < -0.39 is 5.97 Å². The second kappa shape index (κ2) is 5.49. The monoisotopic (exact) mass is 365 g/mol. The summed E-state index contributed by atoms with van der Waals surface area (Å²) in [6.07, 6.45) is 1.62. The number of carbonyl (C=O) groups excluding carboxylic acids is 2. The average molecular weight is 366 g/mol. The van der Waals surface area contributed by atoms with E-state index in [0.29, 0.717) is 22.8 Å². The summed E-state index contributed by atoms with van der Waals surface area (Å²) >= 11 is 3.42. The van der Waals surface area contributed by atoms with Crippen LogP contribution in [0.3, 0.4) is 0 Å². The van der Waals surface area contributed by atoms with Crippen LogP contribution in [-0.2, 0) is 14.3 Å². The molecule has 2 aliphatic rings. The average Bonchev–Trinajstić information content (AvgIpc) is 3.03. The predicted octanol–water partition coefficient (Wildman–Crippen LogP) is 2.14. The van der Waals surface area contributed by atoms with E-state index >= 15 is 0 Å². The molecule has 3 rings (SSSR count). The minimum atomic E-state index is -0.557. The highest BCUT2D eigenvalue weighted by Crippen LogP contribution is 2.38. The van der Waals surface area contributed by atoms with E-state index in [2.05, 4.69) is 21.2 Å². The highest BCUT2D eigenvalue weighted by Gasteiger charge is 2.31. The van der Waals surface area contributed by atoms with E-state index in [1.807, 2.05) is 0 Å². The molecule has 0 spiro atoms. The molecule has 0 radical (unpaired) electrons. The van der Waals surface area contributed by atoms with E-state index in [1.165, 1.54) is 7.11 Å². The standard InChI is InChI=1S/C15H12BrNO5/c1-7-13(15(19)20-2)9(14(18)17-7)3-8-4-11-12(5-10(8)16)22-6-21-11/h3-5H,6H2,1-2H3,(H,17,18)/b9-3+. The zero-order chi connectivity index (χ0) is 15.9. The fourth-order valence-electron chi connectivity index (χ4n) is 2.32. The number of nitrogens with one attached hydrogen (secondary N) is 1. The van der Waals surface area contributed by atoms with Gasteiger partial charge in [-0.15, -0.1) is 0 Å². The van der Waals surface area contributed by atoms with Crippen LogP contribution in [0, 0.1) is 0 Å². The van der Waals surface area contributed by atoms with Gasteiger partial charge in [0, 0.05) is 10.2 Å². The van der Waals surface area contributed by atoms with Crippen molar-refractivity contribution >= 4 is 33.9 Å². The van der Waals surface area contributed by atoms with Crippen molar-refractivity contribution in [1.29, 1.82) is 0 Å². The molecule has 114 valence electrons. The number of hydrogen-bond acceptors (Lipinski definition) is 5. The Morgan fingerprint density at radius 3 is 2.73 bits per heavy atom. The lowest BCUT2D eigenvalue weighted by atomic mass is 10.0. The minimum Gasteiger partial charge on any atom is -0.465 e. The molecule has 0 bridgehead atoms. The number of rotatable bonds is 2. The number of benzene rings is 1. The molecule has 7 heteroatoms. The predicted molar refractivity (Wildman–Crippen MR) is 81.1 cm³/mol. The van der Waals surface area contributed by atoms with Gasteiger partial charge in [0.2, 0.25) is 6.79 Å². The van der Waals surface area contributed by atoms with E-state index in [4.69, 9.17) is 14.2 Å². The number of fused-ring (bicyclic) bond motifs is 1. The smallest absolute Gasteiger partial charge is 0.340 e. The van der Waals surface area contributed by atoms with E-state index in [0.717, 1.165) is 4.47 Å². The molecule has 1 aromatic carbocycles. The molecule has 6 nitrogen and oxygen atoms in total. The maximum Gasteiger partial charge on any atom is 0.340 e. The van der Waals surface area contributed by atoms with Gasteiger partial charge in [0.25, 0.3) is 5.91 Å². The van der Waals surface area contributed by atoms with Crippen LogP contribution in [0.15, 0.2) is 33.4 Å². The van der Waals surface area contributed by atoms with Gasteiger partial charge in [-0.2, -0.15) is 0 Å². The van der Waals surface area contributed by atoms with Crippen LogP contribution < -0.4 is 14.8 Å². The van der Waals surface area contributed by atoms with E-state index in [1.54, 1.807) is 25.1 Å². The fourth-order valence-corrected chi connectivity index (χ4v) is 2.75. The second-order valence-corrected chi connectivity index (χ2v) is 5.59. The first-order valence-electron chi connectivity index (χ1n) is 6.43. The molecular weight excluding hydrogens is 354 g/mol. The summed E-state index contributed by atoms with van der Waals surface area (Å²) in [4.78, 5) is 23.9. The maximum atomic E-state index is 12.1. The number of carbonyl (C=O) groups is 2. The van der Waals surface area contributed by atoms with Crippen LogP contribution in [0.5, 0.6) is 11.5 Å². The third kappa shape index (κ3) is 2.37. The van der Waals surface area contributed by atoms with Crippen LogP contribution >= 0.6 is 15.9 Å². The molecule has 0 saturated heterocycles. The molecule has 0 fully saturated rings. The van der Waals surface area contributed by atoms with Gasteiger partial charge < -0.3 is 19.5 Å². The first-order chi connectivity index (χ1) is 10.5. The van der Waals surface area contributed by atoms with Crippen LogP contribution in [-0.4, -0.2) is 25.8 Å². The summed E-state index contributed by atoms with van der Waals surface area (Å²) in [6, 6.07) is 3.51. The van der Waals surface area contributed by atoms with Gasteiger partial charge in [-0.25, -0.2) is 4.79 Å². The van der Waals surface area contributed by atoms with Gasteiger partial charge in [-0.05, 0) is 30.7 Å². The van der Waals surface area contributed by atoms with Gasteiger partial charge in [-0.1, -0.05) is 15.9 Å². The number of hydrogen-bond donors (Lipinski definition) is 1. The van der Waals surface area contributed by atoms with Crippen LogP contribution in [0.2, 0.25) is 0 Å². The van der Waals surface area contributed by atoms with E-state index in [9.17, 15) is 9.59 Å². The molecule has 0 saturated carbocycles. The normalized spacial score (nSPS) is 18.0. The molecule has 0 aromatic heterocycles. The Balaban J connectivity index is 2.08. The van der Waals surface area contributed by atoms with Crippen molar-refractivity contribution in [2.24, 2.45) is 0 Å². The number of ether oxygens (including phenoxy) is 3. The summed E-state index contributed by atoms with van der Waals surface area (Å²) in [7, 11) is 1.28. The summed E-state index contributed by atoms with van der Waals surface area (Å²) in [5.74, 6) is 0.319. The summed E-state index contributed by atoms with van der Waals surface area (Å²) in [5, 5.41) is 2.62. The minimum absolute atomic E-state index is 0.161. The Bertz CT molecular complexity index is 751. The van der Waals surface area contributed by atoms with Crippen LogP contribution in [0.4, 0.5) is 0 Å². The van der Waals surface area contributed by atoms with Crippen molar-refractivity contribution in [3.63, 3.8) is 0 Å². The summed E-state index contributed by atoms with van der Waals surface area (Å²) < 4.78 is 16.1. The first kappa shape index (κ1) is 14.6. The highest BCUT2D eigenvalue weighted by molar-refractivity contribution is 9.10. The third-order valence-electron chi connectivity index (χ3n) is 3.37. The zero-order valence-corrected chi connectivity index (χ0v) is 13.4. The topological polar surface area (TPSA) is 73.9 Å². The SMILES string of the molecule is COC(=O)C1=C(C)NC(=O)/C1=C/c1cc2c(cc1Br)OCO2. The molecule has 0 atom stereocenters. The highest BCUT2D eigenvalue weighted by atomic mass is 79.9. The lowest BCUT2D eigenvalue weighted by Crippen LogP contribution is -2.15. The second-order valence-electron chi connectivity index (χ2n) is 4.73. The van der Waals surface area contributed by atoms with Crippen molar-refractivity contribution in [1.82, 2.24) is 5.32 Å². The number of halogens is 1. The van der Waals surface area contributed by atoms with Gasteiger partial charge >= 0.3 is 5.97 Å². The van der Waals surface area contributed by atoms with Crippen LogP contribution in [0.25, 0.3) is 6.08 Å². The first-order valence-corrected chi connectivity index (χ1v) is 7.22. The van der Waals surface area contributed by atoms with Gasteiger partial charge in [0.1, 0.15) is 0 Å². The van der Waals surface area contributed by atoms with Crippen molar-refractivity contribution in [3.8, 4) is 11.5 Å². The van der Waals surface area contributed by atoms with Crippen molar-refractivity contribution in [3.05, 3.63) is 39.0 Å². The van der Waals surface area contributed by atoms with E-state index in [-0.39, 0.29) is 23.8 Å². The van der Waals surface area contributed by atoms with Gasteiger partial charge in [-0.3, -0.25) is 4.79 Å². The molecule has 22 heavy (non-hydrogen) atoms. The molecule has 1 N–H and O–H groups in total. The lowest BCUT2D eigenvalue weighted by molar-refractivity contribution is -0.136. The molecule has 1 aromatic rings. The van der Waals surface area contributed by atoms with Crippen molar-refractivity contribution in [2.45, 2.75) is 6.92 Å². The number of esters is 1. The molecule has 0 unspecified atom stereocenters. The van der Waals surface area contributed by atoms with Crippen LogP contribution in [0.1, 0.15) is 12.5 Å². The Hall–Kier alpha value is -2.28. The maximum absolute atomic E-state index is 12.1. The molecule has 0 aliphatic carbocycles. The summed E-state index contributed by atoms with van der Waals surface area (Å²) in [5.41, 5.74) is 1.66. The fraction of sp³-hybridized carbons (Fsp3) is 0.200. The number of allylic oxidation sites excluding steroid dienone is 1.